The molecular weight excluding hydrogens is 327 g/mol. The van der Waals surface area contributed by atoms with Crippen molar-refractivity contribution in [3.8, 4) is 5.75 Å². The van der Waals surface area contributed by atoms with Crippen LogP contribution in [0.15, 0.2) is 18.2 Å². The monoisotopic (exact) mass is 354 g/mol. The Hall–Kier alpha value is -2.02. The summed E-state index contributed by atoms with van der Waals surface area (Å²) in [5, 5.41) is 9.19. The van der Waals surface area contributed by atoms with E-state index in [0.717, 1.165) is 25.7 Å². The molecule has 0 heterocycles. The van der Waals surface area contributed by atoms with Crippen LogP contribution in [0.2, 0.25) is 0 Å². The third kappa shape index (κ3) is 5.22. The van der Waals surface area contributed by atoms with E-state index < -0.39 is 17.5 Å². The molecule has 0 bridgehead atoms. The Bertz CT molecular complexity index is 603. The zero-order valence-electron chi connectivity index (χ0n) is 15.2. The Labute approximate surface area is 147 Å². The first-order valence-electron chi connectivity index (χ1n) is 8.53. The average molecular weight is 354 g/mol. The Morgan fingerprint density at radius 2 is 2.00 bits per heavy atom. The molecule has 0 saturated heterocycles. The van der Waals surface area contributed by atoms with Gasteiger partial charge in [0.15, 0.2) is 0 Å². The van der Waals surface area contributed by atoms with E-state index >= 15 is 0 Å². The summed E-state index contributed by atoms with van der Waals surface area (Å²) < 4.78 is 24.9. The van der Waals surface area contributed by atoms with E-state index in [4.69, 9.17) is 9.47 Å². The van der Waals surface area contributed by atoms with Gasteiger partial charge in [0.05, 0.1) is 6.04 Å². The predicted molar refractivity (Wildman–Crippen MR) is 92.5 cm³/mol. The van der Waals surface area contributed by atoms with Crippen molar-refractivity contribution in [2.75, 3.05) is 12.5 Å². The van der Waals surface area contributed by atoms with Gasteiger partial charge in [-0.25, -0.2) is 9.18 Å². The van der Waals surface area contributed by atoms with Gasteiger partial charge in [-0.1, -0.05) is 6.42 Å². The van der Waals surface area contributed by atoms with Crippen LogP contribution in [0, 0.1) is 5.82 Å². The van der Waals surface area contributed by atoms with Gasteiger partial charge >= 0.3 is 6.09 Å². The molecule has 2 atom stereocenters. The molecule has 0 spiro atoms. The summed E-state index contributed by atoms with van der Waals surface area (Å²) in [5.74, 6) is -0.237. The van der Waals surface area contributed by atoms with Crippen LogP contribution in [0.1, 0.15) is 46.5 Å². The molecule has 6 nitrogen and oxygen atoms in total. The fraction of sp³-hybridized carbons (Fsp3) is 0.611. The van der Waals surface area contributed by atoms with Crippen molar-refractivity contribution >= 4 is 11.8 Å². The summed E-state index contributed by atoms with van der Waals surface area (Å²) in [6.07, 6.45) is 2.73. The van der Waals surface area contributed by atoms with Gasteiger partial charge in [0, 0.05) is 13.1 Å². The van der Waals surface area contributed by atoms with Crippen LogP contribution in [0.25, 0.3) is 0 Å². The zero-order chi connectivity index (χ0) is 18.6. The van der Waals surface area contributed by atoms with Gasteiger partial charge in [-0.2, -0.15) is 0 Å². The molecule has 1 amide bonds. The lowest BCUT2D eigenvalue weighted by Gasteiger charge is -2.38. The van der Waals surface area contributed by atoms with E-state index in [9.17, 15) is 14.4 Å². The van der Waals surface area contributed by atoms with E-state index in [2.05, 4.69) is 0 Å². The molecule has 1 fully saturated rings. The first-order chi connectivity index (χ1) is 11.7. The molecule has 1 aromatic carbocycles. The quantitative estimate of drug-likeness (QED) is 0.794. The molecule has 0 aromatic heterocycles. The second-order valence-corrected chi connectivity index (χ2v) is 7.35. The Morgan fingerprint density at radius 3 is 2.64 bits per heavy atom. The van der Waals surface area contributed by atoms with Crippen LogP contribution in [0.4, 0.5) is 14.9 Å². The van der Waals surface area contributed by atoms with E-state index in [1.54, 1.807) is 11.9 Å². The maximum Gasteiger partial charge on any atom is 0.410 e. The Kier molecular flexibility index (Phi) is 6.11. The van der Waals surface area contributed by atoms with Crippen LogP contribution < -0.4 is 10.2 Å². The molecule has 25 heavy (non-hydrogen) atoms. The first kappa shape index (κ1) is 19.3. The number of nitrogens with one attached hydrogen (secondary N) is 1. The van der Waals surface area contributed by atoms with Gasteiger partial charge in [0.2, 0.25) is 0 Å². The Balaban J connectivity index is 2.15. The minimum absolute atomic E-state index is 0.182. The van der Waals surface area contributed by atoms with Crippen molar-refractivity contribution in [3.63, 3.8) is 0 Å². The van der Waals surface area contributed by atoms with Crippen molar-refractivity contribution in [1.82, 2.24) is 4.90 Å². The number of benzene rings is 1. The number of carbonyl (C=O) groups is 1. The van der Waals surface area contributed by atoms with Crippen LogP contribution >= 0.6 is 0 Å². The van der Waals surface area contributed by atoms with E-state index in [1.807, 2.05) is 26.3 Å². The summed E-state index contributed by atoms with van der Waals surface area (Å²) in [7, 11) is 1.69. The highest BCUT2D eigenvalue weighted by molar-refractivity contribution is 5.68. The lowest BCUT2D eigenvalue weighted by Crippen LogP contribution is -2.50. The molecule has 0 aliphatic heterocycles. The minimum atomic E-state index is -0.576. The van der Waals surface area contributed by atoms with Crippen LogP contribution in [0.5, 0.6) is 5.75 Å². The fourth-order valence-corrected chi connectivity index (χ4v) is 2.98. The summed E-state index contributed by atoms with van der Waals surface area (Å²) in [6.45, 7) is 5.46. The number of carbonyl (C=O) groups excluding carboxylic acids is 1. The third-order valence-corrected chi connectivity index (χ3v) is 4.19. The molecule has 0 radical (unpaired) electrons. The fourth-order valence-electron chi connectivity index (χ4n) is 2.98. The molecule has 1 aliphatic carbocycles. The van der Waals surface area contributed by atoms with E-state index in [1.165, 1.54) is 18.2 Å². The van der Waals surface area contributed by atoms with Crippen molar-refractivity contribution in [1.29, 1.82) is 0 Å². The average Bonchev–Trinajstić information content (AvgIpc) is 2.53. The van der Waals surface area contributed by atoms with Crippen LogP contribution in [-0.4, -0.2) is 41.0 Å². The summed E-state index contributed by atoms with van der Waals surface area (Å²) in [6, 6.07) is 3.67. The molecule has 1 unspecified atom stereocenters. The van der Waals surface area contributed by atoms with Gasteiger partial charge in [0.25, 0.3) is 0 Å². The third-order valence-electron chi connectivity index (χ3n) is 4.19. The van der Waals surface area contributed by atoms with Crippen LogP contribution in [0.3, 0.4) is 0 Å². The smallest absolute Gasteiger partial charge is 0.410 e. The number of rotatable bonds is 4. The zero-order valence-corrected chi connectivity index (χ0v) is 15.2. The lowest BCUT2D eigenvalue weighted by atomic mass is 9.91. The normalized spacial score (nSPS) is 20.7. The topological polar surface area (TPSA) is 71.0 Å². The van der Waals surface area contributed by atoms with Crippen molar-refractivity contribution in [3.05, 3.63) is 24.0 Å². The first-order valence-corrected chi connectivity index (χ1v) is 8.53. The van der Waals surface area contributed by atoms with Crippen molar-refractivity contribution < 1.29 is 23.9 Å². The van der Waals surface area contributed by atoms with E-state index in [-0.39, 0.29) is 23.6 Å². The SMILES string of the molecule is CN(C(=O)OC(C)(C)C)[C@@H]1CCCCC1Oc1cc(F)ccc1NO. The van der Waals surface area contributed by atoms with Crippen molar-refractivity contribution in [2.24, 2.45) is 0 Å². The number of ether oxygens (including phenoxy) is 2. The summed E-state index contributed by atoms with van der Waals surface area (Å²) >= 11 is 0. The number of anilines is 1. The molecule has 2 rings (SSSR count). The standard InChI is InChI=1S/C18H27FN2O4/c1-18(2,3)25-17(22)21(4)14-7-5-6-8-15(14)24-16-11-12(19)9-10-13(16)20-23/h9-11,14-15,20,23H,5-8H2,1-4H3/t14-,15?/m1/s1. The lowest BCUT2D eigenvalue weighted by molar-refractivity contribution is -0.00224. The maximum absolute atomic E-state index is 13.5. The number of hydrogen-bond acceptors (Lipinski definition) is 5. The van der Waals surface area contributed by atoms with Gasteiger partial charge in [-0.3, -0.25) is 10.7 Å². The van der Waals surface area contributed by atoms with Gasteiger partial charge in [0.1, 0.15) is 29.0 Å². The highest BCUT2D eigenvalue weighted by atomic mass is 19.1. The molecule has 1 aliphatic rings. The molecule has 7 heteroatoms. The number of likely N-dealkylation sites (N-methyl/N-ethyl adjacent to an activating group) is 1. The second kappa shape index (κ2) is 7.91. The largest absolute Gasteiger partial charge is 0.486 e. The number of hydrogen-bond donors (Lipinski definition) is 2. The maximum atomic E-state index is 13.5. The summed E-state index contributed by atoms with van der Waals surface area (Å²) in [5.41, 5.74) is 1.72. The van der Waals surface area contributed by atoms with Crippen LogP contribution in [-0.2, 0) is 4.74 Å². The summed E-state index contributed by atoms with van der Waals surface area (Å²) in [4.78, 5) is 13.9. The molecule has 2 N–H and O–H groups in total. The highest BCUT2D eigenvalue weighted by Crippen LogP contribution is 2.32. The highest BCUT2D eigenvalue weighted by Gasteiger charge is 2.34. The van der Waals surface area contributed by atoms with Gasteiger partial charge in [-0.15, -0.1) is 0 Å². The second-order valence-electron chi connectivity index (χ2n) is 7.35. The molecular formula is C18H27FN2O4. The minimum Gasteiger partial charge on any atom is -0.486 e. The van der Waals surface area contributed by atoms with Gasteiger partial charge < -0.3 is 14.4 Å². The Morgan fingerprint density at radius 1 is 1.32 bits per heavy atom. The number of halogens is 1. The molecule has 1 aromatic rings. The molecule has 140 valence electrons. The number of amides is 1. The van der Waals surface area contributed by atoms with Gasteiger partial charge in [-0.05, 0) is 52.2 Å². The molecule has 1 saturated carbocycles. The van der Waals surface area contributed by atoms with E-state index in [0.29, 0.717) is 0 Å². The number of nitrogens with zero attached hydrogens (tertiary/aromatic N) is 1. The predicted octanol–water partition coefficient (Wildman–Crippen LogP) is 4.18. The van der Waals surface area contributed by atoms with Crippen molar-refractivity contribution in [2.45, 2.75) is 64.2 Å².